The van der Waals surface area contributed by atoms with E-state index in [1.807, 2.05) is 6.92 Å². The third kappa shape index (κ3) is 2.40. The van der Waals surface area contributed by atoms with Gasteiger partial charge in [0, 0.05) is 3.57 Å². The van der Waals surface area contributed by atoms with Gasteiger partial charge in [-0.1, -0.05) is 12.1 Å². The quantitative estimate of drug-likeness (QED) is 0.806. The Morgan fingerprint density at radius 1 is 1.38 bits per heavy atom. The first-order valence-electron chi connectivity index (χ1n) is 4.85. The van der Waals surface area contributed by atoms with Crippen LogP contribution in [-0.4, -0.2) is 16.8 Å². The molecule has 84 valence electrons. The van der Waals surface area contributed by atoms with Gasteiger partial charge in [-0.15, -0.1) is 5.10 Å². The summed E-state index contributed by atoms with van der Waals surface area (Å²) < 4.78 is 7.52. The van der Waals surface area contributed by atoms with Crippen molar-refractivity contribution < 1.29 is 4.74 Å². The molecule has 2 aromatic rings. The molecular formula is C11H10BrIN2O. The number of aromatic amines is 1. The van der Waals surface area contributed by atoms with Crippen molar-refractivity contribution in [3.8, 4) is 17.0 Å². The standard InChI is InChI=1S/C11H10BrIN2O/c1-2-16-11-9(10(12)14-15-11)7-3-5-8(13)6-4-7/h3-6H,2H2,1H3,(H,14,15). The Kier molecular flexibility index (Phi) is 3.86. The topological polar surface area (TPSA) is 37.9 Å². The Morgan fingerprint density at radius 2 is 2.06 bits per heavy atom. The lowest BCUT2D eigenvalue weighted by Gasteiger charge is -2.04. The summed E-state index contributed by atoms with van der Waals surface area (Å²) in [6, 6.07) is 8.23. The zero-order chi connectivity index (χ0) is 11.5. The minimum atomic E-state index is 0.606. The zero-order valence-electron chi connectivity index (χ0n) is 8.63. The Labute approximate surface area is 116 Å². The third-order valence-corrected chi connectivity index (χ3v) is 3.40. The maximum Gasteiger partial charge on any atom is 0.241 e. The molecule has 0 unspecified atom stereocenters. The minimum Gasteiger partial charge on any atom is -0.476 e. The number of hydrogen-bond donors (Lipinski definition) is 1. The number of ether oxygens (including phenoxy) is 1. The molecule has 1 heterocycles. The van der Waals surface area contributed by atoms with Crippen molar-refractivity contribution in [2.45, 2.75) is 6.92 Å². The monoisotopic (exact) mass is 392 g/mol. The van der Waals surface area contributed by atoms with Crippen molar-refractivity contribution in [2.75, 3.05) is 6.61 Å². The summed E-state index contributed by atoms with van der Waals surface area (Å²) in [6.07, 6.45) is 0. The van der Waals surface area contributed by atoms with Gasteiger partial charge in [-0.3, -0.25) is 5.10 Å². The average Bonchev–Trinajstić information content (AvgIpc) is 2.62. The fraction of sp³-hybridized carbons (Fsp3) is 0.182. The molecule has 2 rings (SSSR count). The van der Waals surface area contributed by atoms with E-state index in [9.17, 15) is 0 Å². The van der Waals surface area contributed by atoms with E-state index < -0.39 is 0 Å². The van der Waals surface area contributed by atoms with Gasteiger partial charge in [-0.25, -0.2) is 0 Å². The van der Waals surface area contributed by atoms with Gasteiger partial charge in [0.15, 0.2) is 0 Å². The fourth-order valence-electron chi connectivity index (χ4n) is 1.41. The molecule has 0 fully saturated rings. The molecule has 1 aromatic carbocycles. The molecule has 0 atom stereocenters. The molecule has 0 saturated heterocycles. The molecule has 1 aromatic heterocycles. The maximum atomic E-state index is 5.47. The normalized spacial score (nSPS) is 10.4. The second-order valence-electron chi connectivity index (χ2n) is 3.16. The molecule has 0 aliphatic carbocycles. The van der Waals surface area contributed by atoms with E-state index in [1.54, 1.807) is 0 Å². The van der Waals surface area contributed by atoms with Crippen LogP contribution in [0.5, 0.6) is 5.88 Å². The van der Waals surface area contributed by atoms with E-state index in [0.717, 1.165) is 15.7 Å². The first-order valence-corrected chi connectivity index (χ1v) is 6.72. The van der Waals surface area contributed by atoms with E-state index >= 15 is 0 Å². The van der Waals surface area contributed by atoms with Crippen LogP contribution in [0.2, 0.25) is 0 Å². The molecule has 0 bridgehead atoms. The lowest BCUT2D eigenvalue weighted by molar-refractivity contribution is 0.327. The van der Waals surface area contributed by atoms with Crippen LogP contribution in [0.3, 0.4) is 0 Å². The van der Waals surface area contributed by atoms with Crippen LogP contribution in [-0.2, 0) is 0 Å². The molecule has 16 heavy (non-hydrogen) atoms. The van der Waals surface area contributed by atoms with E-state index in [2.05, 4.69) is 73.0 Å². The SMILES string of the molecule is CCOc1n[nH]c(Br)c1-c1ccc(I)cc1. The summed E-state index contributed by atoms with van der Waals surface area (Å²) in [5, 5.41) is 6.98. The van der Waals surface area contributed by atoms with Gasteiger partial charge < -0.3 is 4.74 Å². The van der Waals surface area contributed by atoms with Gasteiger partial charge >= 0.3 is 0 Å². The van der Waals surface area contributed by atoms with Gasteiger partial charge in [0.1, 0.15) is 4.60 Å². The summed E-state index contributed by atoms with van der Waals surface area (Å²) in [6.45, 7) is 2.55. The van der Waals surface area contributed by atoms with Crippen LogP contribution in [0.1, 0.15) is 6.92 Å². The van der Waals surface area contributed by atoms with Gasteiger partial charge in [0.05, 0.1) is 12.2 Å². The molecule has 3 nitrogen and oxygen atoms in total. The molecule has 0 amide bonds. The van der Waals surface area contributed by atoms with Crippen molar-refractivity contribution in [3.05, 3.63) is 32.4 Å². The highest BCUT2D eigenvalue weighted by atomic mass is 127. The van der Waals surface area contributed by atoms with E-state index in [4.69, 9.17) is 4.74 Å². The molecule has 0 radical (unpaired) electrons. The lowest BCUT2D eigenvalue weighted by Crippen LogP contribution is -1.93. The van der Waals surface area contributed by atoms with Crippen LogP contribution in [0, 0.1) is 3.57 Å². The average molecular weight is 393 g/mol. The predicted octanol–water partition coefficient (Wildman–Crippen LogP) is 3.84. The number of H-pyrrole nitrogens is 1. The Bertz CT molecular complexity index is 481. The Hall–Kier alpha value is -0.560. The molecule has 0 saturated carbocycles. The van der Waals surface area contributed by atoms with E-state index in [1.165, 1.54) is 3.57 Å². The zero-order valence-corrected chi connectivity index (χ0v) is 12.4. The molecule has 5 heteroatoms. The molecule has 0 aliphatic rings. The molecule has 0 spiro atoms. The van der Waals surface area contributed by atoms with Crippen molar-refractivity contribution >= 4 is 38.5 Å². The van der Waals surface area contributed by atoms with E-state index in [-0.39, 0.29) is 0 Å². The smallest absolute Gasteiger partial charge is 0.241 e. The van der Waals surface area contributed by atoms with Crippen LogP contribution < -0.4 is 4.74 Å². The third-order valence-electron chi connectivity index (χ3n) is 2.10. The summed E-state index contributed by atoms with van der Waals surface area (Å²) in [4.78, 5) is 0. The summed E-state index contributed by atoms with van der Waals surface area (Å²) >= 11 is 5.72. The van der Waals surface area contributed by atoms with Crippen LogP contribution in [0.25, 0.3) is 11.1 Å². The van der Waals surface area contributed by atoms with E-state index in [0.29, 0.717) is 12.5 Å². The number of benzene rings is 1. The number of nitrogens with zero attached hydrogens (tertiary/aromatic N) is 1. The Balaban J connectivity index is 2.45. The minimum absolute atomic E-state index is 0.606. The highest BCUT2D eigenvalue weighted by Crippen LogP contribution is 2.34. The van der Waals surface area contributed by atoms with Crippen molar-refractivity contribution in [1.29, 1.82) is 0 Å². The maximum absolute atomic E-state index is 5.47. The molecule has 1 N–H and O–H groups in total. The number of hydrogen-bond acceptors (Lipinski definition) is 2. The van der Waals surface area contributed by atoms with Crippen molar-refractivity contribution in [3.63, 3.8) is 0 Å². The largest absolute Gasteiger partial charge is 0.476 e. The van der Waals surface area contributed by atoms with Crippen molar-refractivity contribution in [1.82, 2.24) is 10.2 Å². The number of nitrogens with one attached hydrogen (secondary N) is 1. The Morgan fingerprint density at radius 3 is 2.69 bits per heavy atom. The van der Waals surface area contributed by atoms with Gasteiger partial charge in [-0.05, 0) is 63.1 Å². The molecular weight excluding hydrogens is 383 g/mol. The van der Waals surface area contributed by atoms with Gasteiger partial charge in [-0.2, -0.15) is 0 Å². The molecule has 0 aliphatic heterocycles. The van der Waals surface area contributed by atoms with Crippen molar-refractivity contribution in [2.24, 2.45) is 0 Å². The highest BCUT2D eigenvalue weighted by molar-refractivity contribution is 14.1. The first kappa shape index (κ1) is 11.9. The highest BCUT2D eigenvalue weighted by Gasteiger charge is 2.14. The van der Waals surface area contributed by atoms with Gasteiger partial charge in [0.25, 0.3) is 0 Å². The fourth-order valence-corrected chi connectivity index (χ4v) is 2.26. The second-order valence-corrected chi connectivity index (χ2v) is 5.20. The van der Waals surface area contributed by atoms with Gasteiger partial charge in [0.2, 0.25) is 5.88 Å². The number of rotatable bonds is 3. The summed E-state index contributed by atoms with van der Waals surface area (Å²) in [7, 11) is 0. The van der Waals surface area contributed by atoms with Crippen LogP contribution in [0.4, 0.5) is 0 Å². The van der Waals surface area contributed by atoms with Crippen LogP contribution >= 0.6 is 38.5 Å². The number of halogens is 2. The predicted molar refractivity (Wildman–Crippen MR) is 75.6 cm³/mol. The summed E-state index contributed by atoms with van der Waals surface area (Å²) in [5.74, 6) is 0.635. The number of aromatic nitrogens is 2. The lowest BCUT2D eigenvalue weighted by atomic mass is 10.1. The van der Waals surface area contributed by atoms with Crippen LogP contribution in [0.15, 0.2) is 28.9 Å². The summed E-state index contributed by atoms with van der Waals surface area (Å²) in [5.41, 5.74) is 2.06. The first-order chi connectivity index (χ1) is 7.72. The second kappa shape index (κ2) is 5.18.